The molecule has 2 aliphatic heterocycles. The van der Waals surface area contributed by atoms with E-state index in [1.165, 1.54) is 44.0 Å². The second-order valence-electron chi connectivity index (χ2n) is 5.48. The number of nitrogens with zero attached hydrogens (tertiary/aromatic N) is 1. The number of rotatable bonds is 5. The van der Waals surface area contributed by atoms with E-state index in [1.807, 2.05) is 0 Å². The predicted molar refractivity (Wildman–Crippen MR) is 86.1 cm³/mol. The largest absolute Gasteiger partial charge is 0.316 e. The van der Waals surface area contributed by atoms with Gasteiger partial charge in [0.25, 0.3) is 0 Å². The average molecular weight is 299 g/mol. The van der Waals surface area contributed by atoms with Crippen molar-refractivity contribution in [3.05, 3.63) is 35.9 Å². The van der Waals surface area contributed by atoms with E-state index < -0.39 is 0 Å². The Balaban J connectivity index is 0.00000133. The van der Waals surface area contributed by atoms with Crippen molar-refractivity contribution in [3.63, 3.8) is 0 Å². The Morgan fingerprint density at radius 2 is 1.79 bits per heavy atom. The van der Waals surface area contributed by atoms with Crippen LogP contribution >= 0.6 is 24.2 Å². The van der Waals surface area contributed by atoms with Gasteiger partial charge in [-0.3, -0.25) is 0 Å². The normalized spacial score (nSPS) is 26.1. The quantitative estimate of drug-likeness (QED) is 0.841. The summed E-state index contributed by atoms with van der Waals surface area (Å²) in [4.78, 5) is 2.66. The summed E-state index contributed by atoms with van der Waals surface area (Å²) in [5, 5.41) is 3.50. The minimum Gasteiger partial charge on any atom is -0.316 e. The van der Waals surface area contributed by atoms with Crippen LogP contribution in [0.2, 0.25) is 0 Å². The molecule has 2 heterocycles. The predicted octanol–water partition coefficient (Wildman–Crippen LogP) is 2.49. The van der Waals surface area contributed by atoms with Gasteiger partial charge in [-0.05, 0) is 30.5 Å². The molecule has 2 aliphatic rings. The van der Waals surface area contributed by atoms with E-state index in [9.17, 15) is 0 Å². The number of benzene rings is 1. The maximum Gasteiger partial charge on any atom is 0.0185 e. The Bertz CT molecular complexity index is 362. The highest BCUT2D eigenvalue weighted by Gasteiger charge is 2.35. The molecule has 2 saturated heterocycles. The van der Waals surface area contributed by atoms with Gasteiger partial charge >= 0.3 is 0 Å². The summed E-state index contributed by atoms with van der Waals surface area (Å²) in [7, 11) is 0. The Kier molecular flexibility index (Phi) is 6.02. The highest BCUT2D eigenvalue weighted by molar-refractivity contribution is 7.98. The van der Waals surface area contributed by atoms with Crippen molar-refractivity contribution in [2.45, 2.75) is 5.75 Å². The minimum absolute atomic E-state index is 0. The van der Waals surface area contributed by atoms with Crippen molar-refractivity contribution in [3.8, 4) is 0 Å². The Morgan fingerprint density at radius 1 is 1.11 bits per heavy atom. The lowest BCUT2D eigenvalue weighted by Gasteiger charge is -2.16. The number of halogens is 1. The van der Waals surface area contributed by atoms with Gasteiger partial charge in [0.05, 0.1) is 0 Å². The van der Waals surface area contributed by atoms with E-state index >= 15 is 0 Å². The first-order chi connectivity index (χ1) is 8.92. The van der Waals surface area contributed by atoms with Crippen LogP contribution in [0.15, 0.2) is 30.3 Å². The standard InChI is InChI=1S/C15H22N2S.ClH/c1-2-4-13(5-3-1)12-18-7-6-17-10-14-8-16-9-15(14)11-17;/h1-5,14-16H,6-12H2;1H/t14-,15+;. The van der Waals surface area contributed by atoms with Gasteiger partial charge in [0.15, 0.2) is 0 Å². The van der Waals surface area contributed by atoms with Gasteiger partial charge in [-0.15, -0.1) is 12.4 Å². The van der Waals surface area contributed by atoms with E-state index in [0.717, 1.165) is 17.6 Å². The van der Waals surface area contributed by atoms with Crippen molar-refractivity contribution in [2.75, 3.05) is 38.5 Å². The Morgan fingerprint density at radius 3 is 2.47 bits per heavy atom. The molecule has 0 saturated carbocycles. The molecule has 1 aromatic carbocycles. The summed E-state index contributed by atoms with van der Waals surface area (Å²) in [6, 6.07) is 10.8. The van der Waals surface area contributed by atoms with Crippen LogP contribution in [0.4, 0.5) is 0 Å². The van der Waals surface area contributed by atoms with Gasteiger partial charge in [0.1, 0.15) is 0 Å². The number of nitrogens with one attached hydrogen (secondary N) is 1. The molecule has 3 rings (SSSR count). The summed E-state index contributed by atoms with van der Waals surface area (Å²) >= 11 is 2.06. The molecule has 2 nitrogen and oxygen atoms in total. The molecule has 0 unspecified atom stereocenters. The molecule has 0 spiro atoms. The number of likely N-dealkylation sites (tertiary alicyclic amines) is 1. The highest BCUT2D eigenvalue weighted by Crippen LogP contribution is 2.26. The zero-order valence-electron chi connectivity index (χ0n) is 11.3. The fraction of sp³-hybridized carbons (Fsp3) is 0.600. The molecule has 106 valence electrons. The molecule has 0 radical (unpaired) electrons. The molecule has 1 N–H and O–H groups in total. The molecule has 0 aromatic heterocycles. The molecular formula is C15H23ClN2S. The topological polar surface area (TPSA) is 15.3 Å². The molecular weight excluding hydrogens is 276 g/mol. The molecule has 1 aromatic rings. The number of fused-ring (bicyclic) bond motifs is 1. The third-order valence-corrected chi connectivity index (χ3v) is 5.14. The fourth-order valence-corrected chi connectivity index (χ4v) is 4.05. The van der Waals surface area contributed by atoms with Gasteiger partial charge in [-0.1, -0.05) is 30.3 Å². The van der Waals surface area contributed by atoms with Crippen molar-refractivity contribution in [2.24, 2.45) is 11.8 Å². The van der Waals surface area contributed by atoms with Crippen LogP contribution in [-0.4, -0.2) is 43.4 Å². The number of hydrogen-bond donors (Lipinski definition) is 1. The molecule has 0 aliphatic carbocycles. The summed E-state index contributed by atoms with van der Waals surface area (Å²) in [5.74, 6) is 4.29. The highest BCUT2D eigenvalue weighted by atomic mass is 35.5. The van der Waals surface area contributed by atoms with Crippen LogP contribution in [0, 0.1) is 11.8 Å². The second-order valence-corrected chi connectivity index (χ2v) is 6.58. The Hall–Kier alpha value is -0.220. The summed E-state index contributed by atoms with van der Waals surface area (Å²) < 4.78 is 0. The smallest absolute Gasteiger partial charge is 0.0185 e. The first-order valence-electron chi connectivity index (χ1n) is 6.96. The van der Waals surface area contributed by atoms with Gasteiger partial charge in [0, 0.05) is 31.1 Å². The Labute approximate surface area is 126 Å². The lowest BCUT2D eigenvalue weighted by molar-refractivity contribution is 0.333. The lowest BCUT2D eigenvalue weighted by atomic mass is 10.0. The van der Waals surface area contributed by atoms with E-state index in [2.05, 4.69) is 52.3 Å². The average Bonchev–Trinajstić information content (AvgIpc) is 2.96. The lowest BCUT2D eigenvalue weighted by Crippen LogP contribution is -2.27. The summed E-state index contributed by atoms with van der Waals surface area (Å²) in [6.45, 7) is 6.41. The van der Waals surface area contributed by atoms with E-state index in [-0.39, 0.29) is 12.4 Å². The van der Waals surface area contributed by atoms with E-state index in [4.69, 9.17) is 0 Å². The molecule has 2 atom stereocenters. The van der Waals surface area contributed by atoms with Crippen LogP contribution in [0.5, 0.6) is 0 Å². The summed E-state index contributed by atoms with van der Waals surface area (Å²) in [6.07, 6.45) is 0. The monoisotopic (exact) mass is 298 g/mol. The SMILES string of the molecule is Cl.c1ccc(CSCCN2C[C@H]3CNC[C@H]3C2)cc1. The van der Waals surface area contributed by atoms with Crippen LogP contribution < -0.4 is 5.32 Å². The van der Waals surface area contributed by atoms with Gasteiger partial charge in [-0.25, -0.2) is 0 Å². The number of hydrogen-bond acceptors (Lipinski definition) is 3. The molecule has 0 bridgehead atoms. The second kappa shape index (κ2) is 7.53. The van der Waals surface area contributed by atoms with Crippen LogP contribution in [0.3, 0.4) is 0 Å². The van der Waals surface area contributed by atoms with Crippen LogP contribution in [0.1, 0.15) is 5.56 Å². The third kappa shape index (κ3) is 4.12. The summed E-state index contributed by atoms with van der Waals surface area (Å²) in [5.41, 5.74) is 1.45. The van der Waals surface area contributed by atoms with Crippen molar-refractivity contribution in [1.82, 2.24) is 10.2 Å². The maximum atomic E-state index is 3.50. The molecule has 2 fully saturated rings. The number of thioether (sulfide) groups is 1. The van der Waals surface area contributed by atoms with Gasteiger partial charge < -0.3 is 10.2 Å². The molecule has 19 heavy (non-hydrogen) atoms. The van der Waals surface area contributed by atoms with Crippen LogP contribution in [0.25, 0.3) is 0 Å². The first-order valence-corrected chi connectivity index (χ1v) is 8.12. The van der Waals surface area contributed by atoms with E-state index in [1.54, 1.807) is 0 Å². The van der Waals surface area contributed by atoms with Crippen molar-refractivity contribution >= 4 is 24.2 Å². The first kappa shape index (κ1) is 15.2. The fourth-order valence-electron chi connectivity index (χ4n) is 3.09. The minimum atomic E-state index is 0. The van der Waals surface area contributed by atoms with Gasteiger partial charge in [-0.2, -0.15) is 11.8 Å². The molecule has 4 heteroatoms. The van der Waals surface area contributed by atoms with Gasteiger partial charge in [0.2, 0.25) is 0 Å². The zero-order chi connectivity index (χ0) is 12.2. The van der Waals surface area contributed by atoms with Crippen molar-refractivity contribution in [1.29, 1.82) is 0 Å². The van der Waals surface area contributed by atoms with Crippen molar-refractivity contribution < 1.29 is 0 Å². The zero-order valence-corrected chi connectivity index (χ0v) is 12.9. The third-order valence-electron chi connectivity index (χ3n) is 4.13. The van der Waals surface area contributed by atoms with Crippen LogP contribution in [-0.2, 0) is 5.75 Å². The maximum absolute atomic E-state index is 3.50. The molecule has 0 amide bonds. The van der Waals surface area contributed by atoms with E-state index in [0.29, 0.717) is 0 Å².